The van der Waals surface area contributed by atoms with Crippen LogP contribution < -0.4 is 10.5 Å². The summed E-state index contributed by atoms with van der Waals surface area (Å²) in [5.74, 6) is 0. The zero-order chi connectivity index (χ0) is 14.0. The van der Waals surface area contributed by atoms with Crippen molar-refractivity contribution in [2.75, 3.05) is 4.72 Å². The average Bonchev–Trinajstić information content (AvgIpc) is 2.74. The van der Waals surface area contributed by atoms with Crippen molar-refractivity contribution in [1.29, 1.82) is 0 Å². The van der Waals surface area contributed by atoms with Crippen molar-refractivity contribution in [3.63, 3.8) is 0 Å². The predicted octanol–water partition coefficient (Wildman–Crippen LogP) is 1.74. The van der Waals surface area contributed by atoms with Crippen molar-refractivity contribution in [2.45, 2.75) is 18.5 Å². The number of nitrogens with one attached hydrogen (secondary N) is 2. The van der Waals surface area contributed by atoms with Crippen LogP contribution in [0.1, 0.15) is 11.3 Å². The average molecular weight is 345 g/mol. The number of H-pyrrole nitrogens is 1. The van der Waals surface area contributed by atoms with Crippen molar-refractivity contribution in [2.24, 2.45) is 5.73 Å². The summed E-state index contributed by atoms with van der Waals surface area (Å²) in [6, 6.07) is 6.81. The van der Waals surface area contributed by atoms with E-state index in [9.17, 15) is 8.42 Å². The summed E-state index contributed by atoms with van der Waals surface area (Å²) >= 11 is 3.29. The van der Waals surface area contributed by atoms with E-state index in [-0.39, 0.29) is 11.6 Å². The van der Waals surface area contributed by atoms with Gasteiger partial charge >= 0.3 is 0 Å². The second kappa shape index (κ2) is 5.32. The fourth-order valence-corrected chi connectivity index (χ4v) is 3.15. The van der Waals surface area contributed by atoms with Crippen LogP contribution in [-0.4, -0.2) is 18.6 Å². The van der Waals surface area contributed by atoms with Crippen LogP contribution in [0.2, 0.25) is 0 Å². The molecule has 2 rings (SSSR count). The standard InChI is InChI=1S/C11H13BrN4O2S/c1-7-10(6-13)11(15-14-7)19(17,18)16-9-4-2-8(12)3-5-9/h2-5,16H,6,13H2,1H3,(H,14,15). The molecule has 0 fully saturated rings. The summed E-state index contributed by atoms with van der Waals surface area (Å²) in [5, 5.41) is 6.38. The number of hydrogen-bond acceptors (Lipinski definition) is 4. The van der Waals surface area contributed by atoms with Crippen molar-refractivity contribution in [3.8, 4) is 0 Å². The molecule has 8 heteroatoms. The number of benzene rings is 1. The molecule has 1 aromatic heterocycles. The van der Waals surface area contributed by atoms with Gasteiger partial charge in [0.1, 0.15) is 0 Å². The van der Waals surface area contributed by atoms with Crippen molar-refractivity contribution < 1.29 is 8.42 Å². The second-order valence-electron chi connectivity index (χ2n) is 3.95. The molecule has 0 unspecified atom stereocenters. The lowest BCUT2D eigenvalue weighted by molar-refractivity contribution is 0.596. The zero-order valence-corrected chi connectivity index (χ0v) is 12.5. The molecular formula is C11H13BrN4O2S. The highest BCUT2D eigenvalue weighted by atomic mass is 79.9. The first-order valence-electron chi connectivity index (χ1n) is 5.46. The molecule has 4 N–H and O–H groups in total. The highest BCUT2D eigenvalue weighted by Gasteiger charge is 2.23. The molecule has 0 radical (unpaired) electrons. The highest BCUT2D eigenvalue weighted by Crippen LogP contribution is 2.20. The Morgan fingerprint density at radius 3 is 2.58 bits per heavy atom. The topological polar surface area (TPSA) is 101 Å². The Balaban J connectivity index is 2.35. The number of nitrogens with two attached hydrogens (primary N) is 1. The normalized spacial score (nSPS) is 11.5. The minimum Gasteiger partial charge on any atom is -0.326 e. The first-order chi connectivity index (χ1) is 8.94. The molecule has 0 spiro atoms. The fourth-order valence-electron chi connectivity index (χ4n) is 1.61. The van der Waals surface area contributed by atoms with E-state index in [2.05, 4.69) is 30.8 Å². The van der Waals surface area contributed by atoms with Gasteiger partial charge in [-0.2, -0.15) is 13.5 Å². The van der Waals surface area contributed by atoms with Gasteiger partial charge in [0.25, 0.3) is 10.0 Å². The van der Waals surface area contributed by atoms with Crippen LogP contribution in [0.3, 0.4) is 0 Å². The van der Waals surface area contributed by atoms with Gasteiger partial charge in [-0.3, -0.25) is 9.82 Å². The monoisotopic (exact) mass is 344 g/mol. The predicted molar refractivity (Wildman–Crippen MR) is 76.2 cm³/mol. The summed E-state index contributed by atoms with van der Waals surface area (Å²) in [6.45, 7) is 1.84. The summed E-state index contributed by atoms with van der Waals surface area (Å²) in [6.07, 6.45) is 0. The SMILES string of the molecule is Cc1[nH]nc(S(=O)(=O)Nc2ccc(Br)cc2)c1CN. The van der Waals surface area contributed by atoms with Gasteiger partial charge in [0.2, 0.25) is 5.03 Å². The third-order valence-electron chi connectivity index (χ3n) is 2.59. The first kappa shape index (κ1) is 14.0. The van der Waals surface area contributed by atoms with Gasteiger partial charge in [-0.05, 0) is 31.2 Å². The maximum atomic E-state index is 12.2. The van der Waals surface area contributed by atoms with Crippen LogP contribution in [0.15, 0.2) is 33.8 Å². The summed E-state index contributed by atoms with van der Waals surface area (Å²) < 4.78 is 27.8. The van der Waals surface area contributed by atoms with Gasteiger partial charge in [0.15, 0.2) is 0 Å². The minimum absolute atomic E-state index is 0.0598. The Hall–Kier alpha value is -1.38. The van der Waals surface area contributed by atoms with Gasteiger partial charge in [0.05, 0.1) is 0 Å². The third kappa shape index (κ3) is 2.96. The Bertz CT molecular complexity index is 679. The Labute approximate surface area is 119 Å². The number of halogens is 1. The third-order valence-corrected chi connectivity index (χ3v) is 4.47. The molecule has 102 valence electrons. The molecule has 19 heavy (non-hydrogen) atoms. The molecule has 1 heterocycles. The van der Waals surface area contributed by atoms with E-state index in [1.807, 2.05) is 0 Å². The number of hydrogen-bond donors (Lipinski definition) is 3. The van der Waals surface area contributed by atoms with Crippen molar-refractivity contribution >= 4 is 31.6 Å². The van der Waals surface area contributed by atoms with Gasteiger partial charge in [-0.1, -0.05) is 15.9 Å². The first-order valence-corrected chi connectivity index (χ1v) is 7.74. The van der Waals surface area contributed by atoms with Crippen LogP contribution in [0.4, 0.5) is 5.69 Å². The molecule has 0 saturated heterocycles. The molecule has 1 aromatic carbocycles. The number of nitrogens with zero attached hydrogens (tertiary/aromatic N) is 1. The van der Waals surface area contributed by atoms with Crippen LogP contribution >= 0.6 is 15.9 Å². The van der Waals surface area contributed by atoms with Gasteiger partial charge in [-0.15, -0.1) is 0 Å². The van der Waals surface area contributed by atoms with E-state index in [1.54, 1.807) is 31.2 Å². The lowest BCUT2D eigenvalue weighted by Crippen LogP contribution is -2.16. The van der Waals surface area contributed by atoms with Gasteiger partial charge in [-0.25, -0.2) is 0 Å². The van der Waals surface area contributed by atoms with E-state index in [0.717, 1.165) is 4.47 Å². The smallest absolute Gasteiger partial charge is 0.281 e. The van der Waals surface area contributed by atoms with E-state index < -0.39 is 10.0 Å². The maximum Gasteiger partial charge on any atom is 0.281 e. The number of anilines is 1. The molecule has 6 nitrogen and oxygen atoms in total. The van der Waals surface area contributed by atoms with Crippen LogP contribution in [0, 0.1) is 6.92 Å². The summed E-state index contributed by atoms with van der Waals surface area (Å²) in [7, 11) is -3.74. The van der Waals surface area contributed by atoms with E-state index in [4.69, 9.17) is 5.73 Å². The molecule has 0 aliphatic rings. The molecule has 0 aliphatic carbocycles. The summed E-state index contributed by atoms with van der Waals surface area (Å²) in [5.41, 5.74) is 7.15. The number of sulfonamides is 1. The molecule has 0 aliphatic heterocycles. The largest absolute Gasteiger partial charge is 0.326 e. The number of aromatic nitrogens is 2. The summed E-state index contributed by atoms with van der Waals surface area (Å²) in [4.78, 5) is 0. The lowest BCUT2D eigenvalue weighted by Gasteiger charge is -2.07. The quantitative estimate of drug-likeness (QED) is 0.786. The van der Waals surface area contributed by atoms with Crippen molar-refractivity contribution in [3.05, 3.63) is 40.0 Å². The zero-order valence-electron chi connectivity index (χ0n) is 10.1. The minimum atomic E-state index is -3.74. The molecule has 0 amide bonds. The maximum absolute atomic E-state index is 12.2. The molecule has 0 saturated carbocycles. The Morgan fingerprint density at radius 1 is 1.37 bits per heavy atom. The van der Waals surface area contributed by atoms with Crippen molar-refractivity contribution in [1.82, 2.24) is 10.2 Å². The van der Waals surface area contributed by atoms with E-state index in [0.29, 0.717) is 16.9 Å². The molecular weight excluding hydrogens is 332 g/mol. The Morgan fingerprint density at radius 2 is 2.00 bits per heavy atom. The fraction of sp³-hybridized carbons (Fsp3) is 0.182. The molecule has 0 bridgehead atoms. The highest BCUT2D eigenvalue weighted by molar-refractivity contribution is 9.10. The van der Waals surface area contributed by atoms with Crippen LogP contribution in [0.5, 0.6) is 0 Å². The Kier molecular flexibility index (Phi) is 3.93. The van der Waals surface area contributed by atoms with Crippen LogP contribution in [0.25, 0.3) is 0 Å². The number of rotatable bonds is 4. The van der Waals surface area contributed by atoms with E-state index in [1.165, 1.54) is 0 Å². The van der Waals surface area contributed by atoms with Gasteiger partial charge in [0, 0.05) is 28.0 Å². The number of aryl methyl sites for hydroxylation is 1. The second-order valence-corrected chi connectivity index (χ2v) is 6.46. The number of aromatic amines is 1. The van der Waals surface area contributed by atoms with Gasteiger partial charge < -0.3 is 5.73 Å². The molecule has 0 atom stereocenters. The van der Waals surface area contributed by atoms with Crippen LogP contribution in [-0.2, 0) is 16.6 Å². The molecule has 2 aromatic rings. The lowest BCUT2D eigenvalue weighted by atomic mass is 10.3. The van der Waals surface area contributed by atoms with E-state index >= 15 is 0 Å².